The van der Waals surface area contributed by atoms with Gasteiger partial charge in [-0.2, -0.15) is 0 Å². The Labute approximate surface area is 124 Å². The second kappa shape index (κ2) is 5.94. The monoisotopic (exact) mass is 344 g/mol. The van der Waals surface area contributed by atoms with E-state index in [9.17, 15) is 9.59 Å². The van der Waals surface area contributed by atoms with Crippen LogP contribution >= 0.6 is 28.6 Å². The highest BCUT2D eigenvalue weighted by Gasteiger charge is 2.32. The maximum atomic E-state index is 12.5. The number of primary amides is 1. The van der Waals surface area contributed by atoms with Gasteiger partial charge >= 0.3 is 0 Å². The van der Waals surface area contributed by atoms with Crippen molar-refractivity contribution in [2.75, 3.05) is 19.8 Å². The Kier molecular flexibility index (Phi) is 4.49. The van der Waals surface area contributed by atoms with E-state index < -0.39 is 11.9 Å². The molecule has 0 spiro atoms. The van der Waals surface area contributed by atoms with Crippen molar-refractivity contribution in [2.45, 2.75) is 10.9 Å². The van der Waals surface area contributed by atoms with Crippen molar-refractivity contribution in [3.8, 4) is 0 Å². The number of thiol groups is 1. The van der Waals surface area contributed by atoms with Crippen LogP contribution in [-0.2, 0) is 9.53 Å². The Morgan fingerprint density at radius 1 is 1.47 bits per heavy atom. The van der Waals surface area contributed by atoms with Gasteiger partial charge in [-0.25, -0.2) is 0 Å². The molecule has 2 N–H and O–H groups in total. The third-order valence-electron chi connectivity index (χ3n) is 2.90. The third kappa shape index (κ3) is 3.10. The molecule has 1 unspecified atom stereocenters. The van der Waals surface area contributed by atoms with Crippen molar-refractivity contribution < 1.29 is 14.3 Å². The Morgan fingerprint density at radius 2 is 2.21 bits per heavy atom. The molecule has 1 fully saturated rings. The number of amides is 2. The number of nitrogens with two attached hydrogens (primary N) is 1. The number of halogens is 1. The summed E-state index contributed by atoms with van der Waals surface area (Å²) in [5, 5.41) is 0. The average molecular weight is 345 g/mol. The molecular formula is C12H13BrN2O3S. The molecule has 1 aliphatic rings. The fourth-order valence-corrected chi connectivity index (χ4v) is 2.53. The lowest BCUT2D eigenvalue weighted by Gasteiger charge is -2.33. The summed E-state index contributed by atoms with van der Waals surface area (Å²) in [6.07, 6.45) is 0. The lowest BCUT2D eigenvalue weighted by Crippen LogP contribution is -2.54. The molecule has 0 bridgehead atoms. The molecule has 2 amide bonds. The van der Waals surface area contributed by atoms with Crippen molar-refractivity contribution in [2.24, 2.45) is 5.73 Å². The summed E-state index contributed by atoms with van der Waals surface area (Å²) in [7, 11) is 0. The fraction of sp³-hybridized carbons (Fsp3) is 0.333. The molecule has 1 atom stereocenters. The topological polar surface area (TPSA) is 72.6 Å². The first-order valence-corrected chi connectivity index (χ1v) is 6.91. The van der Waals surface area contributed by atoms with Gasteiger partial charge in [0.1, 0.15) is 6.04 Å². The van der Waals surface area contributed by atoms with Gasteiger partial charge in [-0.3, -0.25) is 9.59 Å². The number of morpholine rings is 1. The van der Waals surface area contributed by atoms with Crippen LogP contribution in [-0.4, -0.2) is 42.5 Å². The van der Waals surface area contributed by atoms with Gasteiger partial charge in [0.05, 0.1) is 18.8 Å². The summed E-state index contributed by atoms with van der Waals surface area (Å²) in [4.78, 5) is 26.0. The minimum atomic E-state index is -0.725. The molecule has 0 aromatic heterocycles. The van der Waals surface area contributed by atoms with Crippen molar-refractivity contribution in [1.29, 1.82) is 0 Å². The SMILES string of the molecule is NC(=O)C1COCCN1C(=O)c1cc(S)ccc1Br. The molecule has 5 nitrogen and oxygen atoms in total. The minimum Gasteiger partial charge on any atom is -0.377 e. The maximum Gasteiger partial charge on any atom is 0.255 e. The van der Waals surface area contributed by atoms with E-state index in [1.165, 1.54) is 4.90 Å². The summed E-state index contributed by atoms with van der Waals surface area (Å²) >= 11 is 7.54. The maximum absolute atomic E-state index is 12.5. The highest BCUT2D eigenvalue weighted by Crippen LogP contribution is 2.23. The largest absolute Gasteiger partial charge is 0.377 e. The van der Waals surface area contributed by atoms with E-state index in [1.54, 1.807) is 18.2 Å². The van der Waals surface area contributed by atoms with Gasteiger partial charge in [0.25, 0.3) is 5.91 Å². The van der Waals surface area contributed by atoms with Gasteiger partial charge in [-0.1, -0.05) is 0 Å². The molecule has 1 aromatic carbocycles. The number of hydrogen-bond donors (Lipinski definition) is 2. The van der Waals surface area contributed by atoms with Crippen LogP contribution in [0, 0.1) is 0 Å². The highest BCUT2D eigenvalue weighted by molar-refractivity contribution is 9.10. The summed E-state index contributed by atoms with van der Waals surface area (Å²) in [5.74, 6) is -0.818. The number of benzene rings is 1. The number of hydrogen-bond acceptors (Lipinski definition) is 4. The molecule has 0 saturated carbocycles. The first-order valence-electron chi connectivity index (χ1n) is 5.67. The van der Waals surface area contributed by atoms with Crippen LogP contribution in [0.5, 0.6) is 0 Å². The van der Waals surface area contributed by atoms with E-state index in [1.807, 2.05) is 0 Å². The fourth-order valence-electron chi connectivity index (χ4n) is 1.91. The molecule has 7 heteroatoms. The highest BCUT2D eigenvalue weighted by atomic mass is 79.9. The smallest absolute Gasteiger partial charge is 0.255 e. The Balaban J connectivity index is 2.31. The van der Waals surface area contributed by atoms with Gasteiger partial charge in [0.2, 0.25) is 5.91 Å². The van der Waals surface area contributed by atoms with Crippen LogP contribution in [0.2, 0.25) is 0 Å². The molecule has 0 aliphatic carbocycles. The summed E-state index contributed by atoms with van der Waals surface area (Å²) in [5.41, 5.74) is 5.76. The van der Waals surface area contributed by atoms with Crippen molar-refractivity contribution >= 4 is 40.4 Å². The summed E-state index contributed by atoms with van der Waals surface area (Å²) in [6.45, 7) is 0.878. The Bertz CT molecular complexity index is 524. The van der Waals surface area contributed by atoms with E-state index in [0.29, 0.717) is 28.1 Å². The molecule has 0 radical (unpaired) electrons. The zero-order valence-corrected chi connectivity index (χ0v) is 12.5. The molecular weight excluding hydrogens is 332 g/mol. The lowest BCUT2D eigenvalue weighted by atomic mass is 10.1. The van der Waals surface area contributed by atoms with E-state index >= 15 is 0 Å². The van der Waals surface area contributed by atoms with Crippen molar-refractivity contribution in [3.05, 3.63) is 28.2 Å². The van der Waals surface area contributed by atoms with E-state index in [0.717, 1.165) is 0 Å². The van der Waals surface area contributed by atoms with Gasteiger partial charge in [-0.05, 0) is 34.1 Å². The second-order valence-electron chi connectivity index (χ2n) is 4.16. The second-order valence-corrected chi connectivity index (χ2v) is 5.53. The molecule has 1 heterocycles. The zero-order chi connectivity index (χ0) is 14.0. The zero-order valence-electron chi connectivity index (χ0n) is 10.0. The standard InChI is InChI=1S/C12H13BrN2O3S/c13-9-2-1-7(19)5-8(9)12(17)15-3-4-18-6-10(15)11(14)16/h1-2,5,10,19H,3-4,6H2,(H2,14,16). The van der Waals surface area contributed by atoms with E-state index in [-0.39, 0.29) is 12.5 Å². The first kappa shape index (κ1) is 14.4. The first-order chi connectivity index (χ1) is 9.00. The summed E-state index contributed by atoms with van der Waals surface area (Å²) in [6, 6.07) is 4.45. The van der Waals surface area contributed by atoms with Crippen LogP contribution in [0.25, 0.3) is 0 Å². The predicted octanol–water partition coefficient (Wildman–Crippen LogP) is 1.06. The Hall–Kier alpha value is -1.05. The van der Waals surface area contributed by atoms with E-state index in [4.69, 9.17) is 10.5 Å². The van der Waals surface area contributed by atoms with Crippen LogP contribution in [0.4, 0.5) is 0 Å². The van der Waals surface area contributed by atoms with Gasteiger partial charge in [0, 0.05) is 15.9 Å². The van der Waals surface area contributed by atoms with Crippen LogP contribution < -0.4 is 5.73 Å². The molecule has 19 heavy (non-hydrogen) atoms. The van der Waals surface area contributed by atoms with Gasteiger partial charge in [-0.15, -0.1) is 12.6 Å². The normalized spacial score (nSPS) is 19.3. The van der Waals surface area contributed by atoms with Gasteiger partial charge in [0.15, 0.2) is 0 Å². The third-order valence-corrected chi connectivity index (χ3v) is 3.87. The quantitative estimate of drug-likeness (QED) is 0.788. The van der Waals surface area contributed by atoms with Crippen LogP contribution in [0.1, 0.15) is 10.4 Å². The number of rotatable bonds is 2. The summed E-state index contributed by atoms with van der Waals surface area (Å²) < 4.78 is 5.85. The molecule has 1 aliphatic heterocycles. The number of nitrogens with zero attached hydrogens (tertiary/aromatic N) is 1. The Morgan fingerprint density at radius 3 is 2.89 bits per heavy atom. The molecule has 2 rings (SSSR count). The van der Waals surface area contributed by atoms with E-state index in [2.05, 4.69) is 28.6 Å². The van der Waals surface area contributed by atoms with Crippen LogP contribution in [0.3, 0.4) is 0 Å². The number of carbonyl (C=O) groups excluding carboxylic acids is 2. The van der Waals surface area contributed by atoms with Crippen LogP contribution in [0.15, 0.2) is 27.6 Å². The minimum absolute atomic E-state index is 0.138. The lowest BCUT2D eigenvalue weighted by molar-refractivity contribution is -0.127. The molecule has 1 aromatic rings. The molecule has 102 valence electrons. The average Bonchev–Trinajstić information content (AvgIpc) is 2.40. The van der Waals surface area contributed by atoms with Crippen molar-refractivity contribution in [1.82, 2.24) is 4.90 Å². The van der Waals surface area contributed by atoms with Crippen molar-refractivity contribution in [3.63, 3.8) is 0 Å². The molecule has 1 saturated heterocycles. The number of ether oxygens (including phenoxy) is 1. The predicted molar refractivity (Wildman–Crippen MR) is 76.2 cm³/mol. The van der Waals surface area contributed by atoms with Gasteiger partial charge < -0.3 is 15.4 Å². The number of carbonyl (C=O) groups is 2.